The molecule has 6 radical (unpaired) electrons. The van der Waals surface area contributed by atoms with Gasteiger partial charge in [0.1, 0.15) is 0 Å². The van der Waals surface area contributed by atoms with Crippen molar-refractivity contribution in [2.75, 3.05) is 7.11 Å². The predicted molar refractivity (Wildman–Crippen MR) is 333 cm³/mol. The Morgan fingerprint density at radius 1 is 0.409 bits per heavy atom. The van der Waals surface area contributed by atoms with Crippen molar-refractivity contribution in [1.82, 2.24) is 34.9 Å². The molecule has 88 heavy (non-hydrogen) atoms. The Bertz CT molecular complexity index is 4010. The molecular formula is C74H57Ir6N7O-6. The number of hydrogen-bond acceptors (Lipinski definition) is 8. The van der Waals surface area contributed by atoms with Crippen LogP contribution >= 0.6 is 0 Å². The zero-order valence-corrected chi connectivity index (χ0v) is 62.2. The molecule has 8 nitrogen and oxygen atoms in total. The van der Waals surface area contributed by atoms with Crippen molar-refractivity contribution in [3.63, 3.8) is 0 Å². The van der Waals surface area contributed by atoms with Crippen LogP contribution in [0.2, 0.25) is 0 Å². The van der Waals surface area contributed by atoms with Gasteiger partial charge >= 0.3 is 0 Å². The van der Waals surface area contributed by atoms with Crippen molar-refractivity contribution >= 4 is 38.0 Å². The molecule has 1 aliphatic rings. The van der Waals surface area contributed by atoms with Gasteiger partial charge in [-0.3, -0.25) is 4.98 Å². The zero-order valence-electron chi connectivity index (χ0n) is 47.9. The maximum atomic E-state index is 5.05. The van der Waals surface area contributed by atoms with E-state index in [0.29, 0.717) is 0 Å². The minimum Gasteiger partial charge on any atom is -0.540 e. The van der Waals surface area contributed by atoms with E-state index in [1.807, 2.05) is 164 Å². The van der Waals surface area contributed by atoms with Gasteiger partial charge in [-0.25, -0.2) is 0 Å². The number of nitrogens with zero attached hydrogens (tertiary/aromatic N) is 7. The topological polar surface area (TPSA) is 99.5 Å². The second-order valence-electron chi connectivity index (χ2n) is 18.4. The molecule has 7 aromatic heterocycles. The van der Waals surface area contributed by atoms with E-state index >= 15 is 0 Å². The molecule has 0 unspecified atom stereocenters. The standard InChI is InChI=1S/C15H12N.C13H8N.C12H10NO.2C12H10N.C10H7N2.6Ir/c1-2-6-12(7-3-1)15-10-13-8-4-5-9-14(13)11-16-15;1-2-6-12-10(4-1)7-8-11-5-3-9-14-13(11)12;1-14-11-7-5-10(6-8-11)12-4-2-3-9-13-12;1-10-5-7-11(8-6-10)12-4-2-3-9-13-12;1-10-6-5-9-13-12(10)11-7-3-2-4-8-11;1-2-6-12-10(3-1)9-4-7-11-8-5-9;;;;;;/h2,4-5,7-11H,1,3H2;1-5,7-9H;2-5,7-9H,1H3;2*2-7,9H,1H3;1-4,6-8H;;;;;;/q6*-1;;;;;;. The summed E-state index contributed by atoms with van der Waals surface area (Å²) >= 11 is 0. The molecular weight excluding hydrogens is 2160 g/mol. The van der Waals surface area contributed by atoms with Gasteiger partial charge in [-0.05, 0) is 99.8 Å². The van der Waals surface area contributed by atoms with Crippen LogP contribution in [0.4, 0.5) is 0 Å². The minimum absolute atomic E-state index is 0. The van der Waals surface area contributed by atoms with Crippen LogP contribution < -0.4 is 4.74 Å². The molecule has 0 bridgehead atoms. The molecule has 0 aliphatic heterocycles. The first-order chi connectivity index (χ1) is 40.5. The van der Waals surface area contributed by atoms with Gasteiger partial charge in [-0.15, -0.1) is 148 Å². The third-order valence-corrected chi connectivity index (χ3v) is 12.6. The van der Waals surface area contributed by atoms with Crippen molar-refractivity contribution in [2.45, 2.75) is 26.7 Å². The van der Waals surface area contributed by atoms with Gasteiger partial charge in [0, 0.05) is 164 Å². The molecule has 14 heteroatoms. The predicted octanol–water partition coefficient (Wildman–Crippen LogP) is 17.2. The average Bonchev–Trinajstić information content (AvgIpc) is 3.40. The Kier molecular flexibility index (Phi) is 35.7. The average molecular weight is 2210 g/mol. The van der Waals surface area contributed by atoms with Crippen LogP contribution in [0.1, 0.15) is 29.7 Å². The van der Waals surface area contributed by atoms with Crippen LogP contribution in [0.3, 0.4) is 0 Å². The molecule has 0 spiro atoms. The van der Waals surface area contributed by atoms with Crippen molar-refractivity contribution in [3.8, 4) is 50.8 Å². The first-order valence-electron chi connectivity index (χ1n) is 26.8. The number of rotatable bonds is 6. The van der Waals surface area contributed by atoms with Crippen LogP contribution in [0.15, 0.2) is 268 Å². The normalized spacial score (nSPS) is 10.3. The van der Waals surface area contributed by atoms with Crippen molar-refractivity contribution in [2.24, 2.45) is 0 Å². The van der Waals surface area contributed by atoms with Crippen LogP contribution in [0.5, 0.6) is 5.75 Å². The van der Waals surface area contributed by atoms with Crippen molar-refractivity contribution in [3.05, 3.63) is 321 Å². The van der Waals surface area contributed by atoms with E-state index < -0.39 is 0 Å². The van der Waals surface area contributed by atoms with Crippen LogP contribution in [0, 0.1) is 50.3 Å². The summed E-state index contributed by atoms with van der Waals surface area (Å²) in [5.41, 5.74) is 13.5. The Labute approximate surface area is 597 Å². The van der Waals surface area contributed by atoms with Gasteiger partial charge in [0.2, 0.25) is 0 Å². The number of fused-ring (bicyclic) bond motifs is 4. The third-order valence-electron chi connectivity index (χ3n) is 12.6. The number of hydrogen-bond donors (Lipinski definition) is 0. The Hall–Kier alpha value is -6.67. The summed E-state index contributed by atoms with van der Waals surface area (Å²) in [6, 6.07) is 83.4. The summed E-state index contributed by atoms with van der Waals surface area (Å²) in [5.74, 6) is 0.810. The van der Waals surface area contributed by atoms with Crippen LogP contribution in [-0.4, -0.2) is 42.0 Å². The van der Waals surface area contributed by atoms with E-state index in [1.54, 1.807) is 38.1 Å². The maximum Gasteiger partial charge on any atom is 0.0647 e. The molecule has 13 aromatic rings. The monoisotopic (exact) mass is 2220 g/mol. The van der Waals surface area contributed by atoms with Gasteiger partial charge in [-0.1, -0.05) is 116 Å². The molecule has 7 heterocycles. The zero-order chi connectivity index (χ0) is 56.4. The summed E-state index contributed by atoms with van der Waals surface area (Å²) < 4.78 is 5.05. The Morgan fingerprint density at radius 3 is 1.58 bits per heavy atom. The molecule has 0 amide bonds. The van der Waals surface area contributed by atoms with E-state index in [2.05, 4.69) is 158 Å². The fourth-order valence-electron chi connectivity index (χ4n) is 8.40. The molecule has 0 atom stereocenters. The number of allylic oxidation sites excluding steroid dienone is 4. The smallest absolute Gasteiger partial charge is 0.0647 e. The first kappa shape index (κ1) is 75.6. The van der Waals surface area contributed by atoms with E-state index in [0.717, 1.165) is 85.8 Å². The Morgan fingerprint density at radius 2 is 1.00 bits per heavy atom. The second-order valence-corrected chi connectivity index (χ2v) is 18.4. The number of methoxy groups -OCH3 is 1. The quantitative estimate of drug-likeness (QED) is 0.120. The van der Waals surface area contributed by atoms with E-state index in [-0.39, 0.29) is 121 Å². The summed E-state index contributed by atoms with van der Waals surface area (Å²) in [6.45, 7) is 4.11. The van der Waals surface area contributed by atoms with Crippen LogP contribution in [0.25, 0.3) is 83.1 Å². The van der Waals surface area contributed by atoms with Crippen molar-refractivity contribution < 1.29 is 125 Å². The maximum absolute atomic E-state index is 5.05. The third kappa shape index (κ3) is 23.0. The minimum atomic E-state index is 0. The van der Waals surface area contributed by atoms with E-state index in [4.69, 9.17) is 4.74 Å². The molecule has 454 valence electrons. The SMILES string of the molecule is COc1c[c-]c(-c2ccccn2)cc1.Cc1c[c-]c(-c2ccccn2)cc1.Cc1cccnc1-c1[c-]cccc1.[C-]1=CCCC=C1c1cc2ccccc2cn1.[Ir].[Ir].[Ir].[Ir].[Ir].[Ir].[c-]1cccc2ccc3cccnc3c12.[c-]1cnccc1-c1ccccn1. The number of aromatic nitrogens is 7. The summed E-state index contributed by atoms with van der Waals surface area (Å²) in [5, 5.41) is 5.89. The van der Waals surface area contributed by atoms with E-state index in [1.165, 1.54) is 32.7 Å². The number of pyridine rings is 7. The van der Waals surface area contributed by atoms with Crippen LogP contribution in [-0.2, 0) is 121 Å². The summed E-state index contributed by atoms with van der Waals surface area (Å²) in [6.07, 6.45) is 24.0. The van der Waals surface area contributed by atoms with Gasteiger partial charge in [0.25, 0.3) is 0 Å². The molecule has 14 rings (SSSR count). The molecule has 0 saturated carbocycles. The molecule has 0 saturated heterocycles. The largest absolute Gasteiger partial charge is 0.540 e. The Balaban J connectivity index is 0.000000273. The number of aryl methyl sites for hydroxylation is 2. The number of benzene rings is 6. The summed E-state index contributed by atoms with van der Waals surface area (Å²) in [7, 11) is 1.64. The van der Waals surface area contributed by atoms with Gasteiger partial charge in [0.15, 0.2) is 0 Å². The molecule has 0 fully saturated rings. The van der Waals surface area contributed by atoms with E-state index in [9.17, 15) is 0 Å². The fourth-order valence-corrected chi connectivity index (χ4v) is 8.40. The fraction of sp³-hybridized carbons (Fsp3) is 0.0676. The second kappa shape index (κ2) is 41.5. The van der Waals surface area contributed by atoms with Crippen molar-refractivity contribution in [1.29, 1.82) is 0 Å². The first-order valence-corrected chi connectivity index (χ1v) is 26.8. The molecule has 0 N–H and O–H groups in total. The molecule has 6 aromatic carbocycles. The van der Waals surface area contributed by atoms with Gasteiger partial charge in [0.05, 0.1) is 7.11 Å². The van der Waals surface area contributed by atoms with Gasteiger partial charge in [-0.2, -0.15) is 29.4 Å². The summed E-state index contributed by atoms with van der Waals surface area (Å²) in [4.78, 5) is 29.7. The van der Waals surface area contributed by atoms with Gasteiger partial charge < -0.3 is 34.6 Å². The molecule has 1 aliphatic carbocycles. The number of ether oxygens (including phenoxy) is 1.